The molecule has 2 aromatic carbocycles. The lowest BCUT2D eigenvalue weighted by molar-refractivity contribution is 0.351. The Bertz CT molecular complexity index is 830. The number of phenolic OH excluding ortho intramolecular Hbond substituents is 3. The number of aromatic hydroxyl groups is 3. The molecule has 0 saturated carbocycles. The Kier molecular flexibility index (Phi) is 3.02. The van der Waals surface area contributed by atoms with E-state index in [1.165, 1.54) is 13.2 Å². The lowest BCUT2D eigenvalue weighted by Crippen LogP contribution is -1.89. The molecule has 0 aliphatic rings. The van der Waals surface area contributed by atoms with Gasteiger partial charge in [0.15, 0.2) is 11.5 Å². The van der Waals surface area contributed by atoms with Crippen LogP contribution in [0.15, 0.2) is 42.5 Å². The maximum absolute atomic E-state index is 9.73. The molecule has 0 radical (unpaired) electrons. The van der Waals surface area contributed by atoms with Crippen LogP contribution in [0.25, 0.3) is 22.2 Å². The van der Waals surface area contributed by atoms with Crippen molar-refractivity contribution in [1.82, 2.24) is 4.98 Å². The van der Waals surface area contributed by atoms with Crippen LogP contribution in [0, 0.1) is 0 Å². The van der Waals surface area contributed by atoms with Crippen molar-refractivity contribution in [2.75, 3.05) is 7.11 Å². The highest BCUT2D eigenvalue weighted by atomic mass is 16.5. The summed E-state index contributed by atoms with van der Waals surface area (Å²) in [7, 11) is 1.41. The van der Waals surface area contributed by atoms with Gasteiger partial charge in [0.2, 0.25) is 5.75 Å². The number of hydrogen-bond donors (Lipinski definition) is 3. The summed E-state index contributed by atoms with van der Waals surface area (Å²) in [6, 6.07) is 11.5. The summed E-state index contributed by atoms with van der Waals surface area (Å²) in [6.07, 6.45) is 0. The minimum atomic E-state index is -0.299. The third-order valence-corrected chi connectivity index (χ3v) is 3.24. The fraction of sp³-hybridized carbons (Fsp3) is 0.0625. The number of fused-ring (bicyclic) bond motifs is 1. The molecule has 0 aliphatic carbocycles. The quantitative estimate of drug-likeness (QED) is 0.630. The Hall–Kier alpha value is -2.95. The van der Waals surface area contributed by atoms with E-state index in [9.17, 15) is 15.3 Å². The molecule has 0 amide bonds. The van der Waals surface area contributed by atoms with Gasteiger partial charge in [-0.25, -0.2) is 4.98 Å². The van der Waals surface area contributed by atoms with Crippen molar-refractivity contribution in [2.24, 2.45) is 0 Å². The number of rotatable bonds is 2. The topological polar surface area (TPSA) is 82.8 Å². The van der Waals surface area contributed by atoms with Crippen LogP contribution in [0.4, 0.5) is 0 Å². The van der Waals surface area contributed by atoms with Gasteiger partial charge in [-0.15, -0.1) is 0 Å². The SMILES string of the molecule is COc1cc(-c2ccc3cc(O)ccc3n2)cc(O)c1O. The van der Waals surface area contributed by atoms with Crippen molar-refractivity contribution >= 4 is 10.9 Å². The Balaban J connectivity index is 2.16. The average Bonchev–Trinajstić information content (AvgIpc) is 2.49. The molecule has 0 saturated heterocycles. The first kappa shape index (κ1) is 13.1. The van der Waals surface area contributed by atoms with Crippen LogP contribution < -0.4 is 4.74 Å². The summed E-state index contributed by atoms with van der Waals surface area (Å²) in [6.45, 7) is 0. The standard InChI is InChI=1S/C16H13NO4/c1-21-15-8-10(7-14(19)16(15)20)13-4-2-9-6-11(18)3-5-12(9)17-13/h2-8,18-20H,1H3. The van der Waals surface area contributed by atoms with Crippen molar-refractivity contribution < 1.29 is 20.1 Å². The molecule has 3 rings (SSSR count). The van der Waals surface area contributed by atoms with Crippen molar-refractivity contribution in [3.63, 3.8) is 0 Å². The number of hydrogen-bond acceptors (Lipinski definition) is 5. The first-order chi connectivity index (χ1) is 10.1. The van der Waals surface area contributed by atoms with Gasteiger partial charge >= 0.3 is 0 Å². The average molecular weight is 283 g/mol. The van der Waals surface area contributed by atoms with Gasteiger partial charge in [0.25, 0.3) is 0 Å². The zero-order chi connectivity index (χ0) is 15.0. The molecular weight excluding hydrogens is 270 g/mol. The molecule has 5 heteroatoms. The molecule has 0 aliphatic heterocycles. The molecule has 21 heavy (non-hydrogen) atoms. The summed E-state index contributed by atoms with van der Waals surface area (Å²) < 4.78 is 5.02. The van der Waals surface area contributed by atoms with Crippen LogP contribution in [0.2, 0.25) is 0 Å². The van der Waals surface area contributed by atoms with Gasteiger partial charge in [0.1, 0.15) is 5.75 Å². The highest BCUT2D eigenvalue weighted by molar-refractivity contribution is 5.83. The van der Waals surface area contributed by atoms with Crippen molar-refractivity contribution in [2.45, 2.75) is 0 Å². The van der Waals surface area contributed by atoms with Gasteiger partial charge in [0.05, 0.1) is 18.3 Å². The Morgan fingerprint density at radius 3 is 2.52 bits per heavy atom. The second kappa shape index (κ2) is 4.86. The third-order valence-electron chi connectivity index (χ3n) is 3.24. The summed E-state index contributed by atoms with van der Waals surface area (Å²) in [5.74, 6) is -0.206. The first-order valence-corrected chi connectivity index (χ1v) is 6.28. The Morgan fingerprint density at radius 1 is 0.952 bits per heavy atom. The van der Waals surface area contributed by atoms with Gasteiger partial charge in [-0.2, -0.15) is 0 Å². The Morgan fingerprint density at radius 2 is 1.76 bits per heavy atom. The smallest absolute Gasteiger partial charge is 0.200 e. The van der Waals surface area contributed by atoms with Crippen LogP contribution in [-0.4, -0.2) is 27.4 Å². The van der Waals surface area contributed by atoms with Crippen LogP contribution in [0.1, 0.15) is 0 Å². The summed E-state index contributed by atoms with van der Waals surface area (Å²) >= 11 is 0. The highest BCUT2D eigenvalue weighted by Gasteiger charge is 2.12. The monoisotopic (exact) mass is 283 g/mol. The minimum Gasteiger partial charge on any atom is -0.508 e. The second-order valence-electron chi connectivity index (χ2n) is 4.62. The Labute approximate surface area is 120 Å². The molecule has 0 fully saturated rings. The molecule has 3 N–H and O–H groups in total. The van der Waals surface area contributed by atoms with Gasteiger partial charge in [0, 0.05) is 10.9 Å². The van der Waals surface area contributed by atoms with Gasteiger partial charge in [-0.05, 0) is 36.4 Å². The van der Waals surface area contributed by atoms with Crippen LogP contribution in [-0.2, 0) is 0 Å². The lowest BCUT2D eigenvalue weighted by Gasteiger charge is -2.09. The summed E-state index contributed by atoms with van der Waals surface area (Å²) in [5.41, 5.74) is 1.97. The summed E-state index contributed by atoms with van der Waals surface area (Å²) in [4.78, 5) is 4.47. The maximum atomic E-state index is 9.73. The molecule has 0 atom stereocenters. The van der Waals surface area contributed by atoms with E-state index in [2.05, 4.69) is 4.98 Å². The van der Waals surface area contributed by atoms with Gasteiger partial charge < -0.3 is 20.1 Å². The van der Waals surface area contributed by atoms with Crippen molar-refractivity contribution in [1.29, 1.82) is 0 Å². The van der Waals surface area contributed by atoms with E-state index in [0.29, 0.717) is 11.3 Å². The number of methoxy groups -OCH3 is 1. The molecule has 1 heterocycles. The maximum Gasteiger partial charge on any atom is 0.200 e. The normalized spacial score (nSPS) is 10.7. The van der Waals surface area contributed by atoms with Crippen molar-refractivity contribution in [3.8, 4) is 34.3 Å². The van der Waals surface area contributed by atoms with Crippen LogP contribution in [0.5, 0.6) is 23.0 Å². The fourth-order valence-electron chi connectivity index (χ4n) is 2.17. The molecule has 1 aromatic heterocycles. The van der Waals surface area contributed by atoms with Crippen molar-refractivity contribution in [3.05, 3.63) is 42.5 Å². The van der Waals surface area contributed by atoms with E-state index >= 15 is 0 Å². The summed E-state index contributed by atoms with van der Waals surface area (Å²) in [5, 5.41) is 29.6. The van der Waals surface area contributed by atoms with E-state index in [-0.39, 0.29) is 23.0 Å². The zero-order valence-electron chi connectivity index (χ0n) is 11.2. The predicted molar refractivity (Wildman–Crippen MR) is 78.7 cm³/mol. The van der Waals surface area contributed by atoms with E-state index in [4.69, 9.17) is 4.74 Å². The molecule has 0 unspecified atom stereocenters. The number of benzene rings is 2. The number of phenols is 3. The molecule has 0 spiro atoms. The van der Waals surface area contributed by atoms with Crippen LogP contribution >= 0.6 is 0 Å². The number of pyridine rings is 1. The fourth-order valence-corrected chi connectivity index (χ4v) is 2.17. The predicted octanol–water partition coefficient (Wildman–Crippen LogP) is 3.03. The second-order valence-corrected chi connectivity index (χ2v) is 4.62. The first-order valence-electron chi connectivity index (χ1n) is 6.28. The number of ether oxygens (including phenoxy) is 1. The molecule has 0 bridgehead atoms. The van der Waals surface area contributed by atoms with Crippen LogP contribution in [0.3, 0.4) is 0 Å². The third kappa shape index (κ3) is 2.29. The largest absolute Gasteiger partial charge is 0.508 e. The zero-order valence-corrected chi connectivity index (χ0v) is 11.2. The lowest BCUT2D eigenvalue weighted by atomic mass is 10.1. The number of nitrogens with zero attached hydrogens (tertiary/aromatic N) is 1. The molecule has 3 aromatic rings. The van der Waals surface area contributed by atoms with E-state index in [0.717, 1.165) is 10.9 Å². The molecule has 106 valence electrons. The molecular formula is C16H13NO4. The van der Waals surface area contributed by atoms with E-state index in [1.54, 1.807) is 30.3 Å². The molecule has 5 nitrogen and oxygen atoms in total. The van der Waals surface area contributed by atoms with E-state index in [1.807, 2.05) is 6.07 Å². The highest BCUT2D eigenvalue weighted by Crippen LogP contribution is 2.39. The minimum absolute atomic E-state index is 0.178. The van der Waals surface area contributed by atoms with E-state index < -0.39 is 0 Å². The number of aromatic nitrogens is 1. The van der Waals surface area contributed by atoms with Gasteiger partial charge in [-0.3, -0.25) is 0 Å². The van der Waals surface area contributed by atoms with Gasteiger partial charge in [-0.1, -0.05) is 6.07 Å².